The van der Waals surface area contributed by atoms with E-state index >= 15 is 0 Å². The molecule has 4 heteroatoms. The zero-order valence-electron chi connectivity index (χ0n) is 10.9. The second-order valence-corrected chi connectivity index (χ2v) is 4.77. The van der Waals surface area contributed by atoms with Crippen LogP contribution in [0.2, 0.25) is 0 Å². The fourth-order valence-corrected chi connectivity index (χ4v) is 2.51. The van der Waals surface area contributed by atoms with Gasteiger partial charge < -0.3 is 14.7 Å². The molecule has 0 saturated carbocycles. The molecule has 1 aliphatic rings. The summed E-state index contributed by atoms with van der Waals surface area (Å²) in [6.07, 6.45) is 1.74. The zero-order chi connectivity index (χ0) is 13.1. The standard InChI is InChI=1S/C14H19NO3/c1-15-8-7-11-12(9-15)10(4-6-14(16)17)3-5-13(11)18-2/h3,5H,4,6-9H2,1-2H3,(H,16,17). The van der Waals surface area contributed by atoms with Gasteiger partial charge in [-0.3, -0.25) is 4.79 Å². The van der Waals surface area contributed by atoms with E-state index in [1.165, 1.54) is 11.1 Å². The van der Waals surface area contributed by atoms with Crippen molar-refractivity contribution in [1.29, 1.82) is 0 Å². The van der Waals surface area contributed by atoms with Crippen molar-refractivity contribution < 1.29 is 14.6 Å². The molecule has 18 heavy (non-hydrogen) atoms. The van der Waals surface area contributed by atoms with Crippen LogP contribution in [0.4, 0.5) is 0 Å². The first-order chi connectivity index (χ1) is 8.61. The fourth-order valence-electron chi connectivity index (χ4n) is 2.51. The Morgan fingerprint density at radius 2 is 2.22 bits per heavy atom. The number of carboxylic acid groups (broad SMARTS) is 1. The monoisotopic (exact) mass is 249 g/mol. The summed E-state index contributed by atoms with van der Waals surface area (Å²) < 4.78 is 5.39. The third kappa shape index (κ3) is 2.64. The molecule has 2 rings (SSSR count). The molecular weight excluding hydrogens is 230 g/mol. The maximum atomic E-state index is 10.7. The van der Waals surface area contributed by atoms with Crippen molar-refractivity contribution in [2.24, 2.45) is 0 Å². The van der Waals surface area contributed by atoms with Gasteiger partial charge in [0.25, 0.3) is 0 Å². The number of hydrogen-bond acceptors (Lipinski definition) is 3. The van der Waals surface area contributed by atoms with E-state index in [1.807, 2.05) is 12.1 Å². The van der Waals surface area contributed by atoms with Crippen molar-refractivity contribution in [2.45, 2.75) is 25.8 Å². The molecule has 0 saturated heterocycles. The predicted octanol–water partition coefficient (Wildman–Crippen LogP) is 1.70. The largest absolute Gasteiger partial charge is 0.496 e. The van der Waals surface area contributed by atoms with Gasteiger partial charge in [0.2, 0.25) is 0 Å². The lowest BCUT2D eigenvalue weighted by Crippen LogP contribution is -2.28. The highest BCUT2D eigenvalue weighted by Crippen LogP contribution is 2.30. The quantitative estimate of drug-likeness (QED) is 0.882. The lowest BCUT2D eigenvalue weighted by Gasteiger charge is -2.28. The average Bonchev–Trinajstić information content (AvgIpc) is 2.35. The van der Waals surface area contributed by atoms with Gasteiger partial charge in [0.1, 0.15) is 5.75 Å². The van der Waals surface area contributed by atoms with Crippen molar-refractivity contribution >= 4 is 5.97 Å². The van der Waals surface area contributed by atoms with Gasteiger partial charge in [0.05, 0.1) is 7.11 Å². The van der Waals surface area contributed by atoms with Gasteiger partial charge in [0.15, 0.2) is 0 Å². The second kappa shape index (κ2) is 5.40. The number of nitrogens with zero attached hydrogens (tertiary/aromatic N) is 1. The van der Waals surface area contributed by atoms with Gasteiger partial charge in [-0.15, -0.1) is 0 Å². The number of ether oxygens (including phenoxy) is 1. The minimum Gasteiger partial charge on any atom is -0.496 e. The normalized spacial score (nSPS) is 15.2. The van der Waals surface area contributed by atoms with Crippen molar-refractivity contribution in [3.8, 4) is 5.75 Å². The van der Waals surface area contributed by atoms with Crippen LogP contribution in [-0.4, -0.2) is 36.7 Å². The van der Waals surface area contributed by atoms with Crippen LogP contribution >= 0.6 is 0 Å². The number of carboxylic acids is 1. The molecule has 0 bridgehead atoms. The molecule has 1 N–H and O–H groups in total. The topological polar surface area (TPSA) is 49.8 Å². The predicted molar refractivity (Wildman–Crippen MR) is 69.0 cm³/mol. The van der Waals surface area contributed by atoms with E-state index in [2.05, 4.69) is 11.9 Å². The smallest absolute Gasteiger partial charge is 0.303 e. The Kier molecular flexibility index (Phi) is 3.87. The molecule has 1 aromatic carbocycles. The number of aliphatic carboxylic acids is 1. The third-order valence-corrected chi connectivity index (χ3v) is 3.48. The van der Waals surface area contributed by atoms with Crippen molar-refractivity contribution in [2.75, 3.05) is 20.7 Å². The van der Waals surface area contributed by atoms with Crippen LogP contribution in [0, 0.1) is 0 Å². The maximum Gasteiger partial charge on any atom is 0.303 e. The molecule has 0 spiro atoms. The first-order valence-electron chi connectivity index (χ1n) is 6.19. The molecule has 0 radical (unpaired) electrons. The molecule has 0 aromatic heterocycles. The van der Waals surface area contributed by atoms with Crippen molar-refractivity contribution in [3.05, 3.63) is 28.8 Å². The highest BCUT2D eigenvalue weighted by Gasteiger charge is 2.20. The molecule has 98 valence electrons. The van der Waals surface area contributed by atoms with Gasteiger partial charge in [-0.05, 0) is 37.1 Å². The van der Waals surface area contributed by atoms with E-state index in [9.17, 15) is 4.79 Å². The SMILES string of the molecule is COc1ccc(CCC(=O)O)c2c1CCN(C)C2. The van der Waals surface area contributed by atoms with Crippen LogP contribution in [0.5, 0.6) is 5.75 Å². The van der Waals surface area contributed by atoms with Gasteiger partial charge in [0, 0.05) is 25.1 Å². The zero-order valence-corrected chi connectivity index (χ0v) is 10.9. The summed E-state index contributed by atoms with van der Waals surface area (Å²) in [5, 5.41) is 8.80. The highest BCUT2D eigenvalue weighted by molar-refractivity contribution is 5.67. The lowest BCUT2D eigenvalue weighted by molar-refractivity contribution is -0.136. The molecule has 1 aromatic rings. The molecule has 0 aliphatic carbocycles. The summed E-state index contributed by atoms with van der Waals surface area (Å²) in [5.41, 5.74) is 3.64. The van der Waals surface area contributed by atoms with E-state index < -0.39 is 5.97 Å². The summed E-state index contributed by atoms with van der Waals surface area (Å²) in [5.74, 6) is 0.181. The van der Waals surface area contributed by atoms with Gasteiger partial charge in [-0.2, -0.15) is 0 Å². The Labute approximate surface area is 107 Å². The van der Waals surface area contributed by atoms with E-state index in [4.69, 9.17) is 9.84 Å². The van der Waals surface area contributed by atoms with E-state index in [0.29, 0.717) is 6.42 Å². The summed E-state index contributed by atoms with van der Waals surface area (Å²) in [7, 11) is 3.77. The number of fused-ring (bicyclic) bond motifs is 1. The fraction of sp³-hybridized carbons (Fsp3) is 0.500. The number of likely N-dealkylation sites (N-methyl/N-ethyl adjacent to an activating group) is 1. The molecule has 4 nitrogen and oxygen atoms in total. The Bertz CT molecular complexity index is 457. The van der Waals surface area contributed by atoms with Crippen LogP contribution in [0.15, 0.2) is 12.1 Å². The first-order valence-corrected chi connectivity index (χ1v) is 6.19. The lowest BCUT2D eigenvalue weighted by atomic mass is 9.92. The number of hydrogen-bond donors (Lipinski definition) is 1. The van der Waals surface area contributed by atoms with Crippen LogP contribution < -0.4 is 4.74 Å². The maximum absolute atomic E-state index is 10.7. The summed E-state index contributed by atoms with van der Waals surface area (Å²) >= 11 is 0. The van der Waals surface area contributed by atoms with Crippen LogP contribution in [0.25, 0.3) is 0 Å². The Balaban J connectivity index is 2.33. The van der Waals surface area contributed by atoms with Gasteiger partial charge >= 0.3 is 5.97 Å². The minimum atomic E-state index is -0.747. The summed E-state index contributed by atoms with van der Waals surface area (Å²) in [4.78, 5) is 12.9. The van der Waals surface area contributed by atoms with Crippen molar-refractivity contribution in [3.63, 3.8) is 0 Å². The molecule has 1 aliphatic heterocycles. The number of carbonyl (C=O) groups is 1. The Morgan fingerprint density at radius 1 is 1.44 bits per heavy atom. The number of methoxy groups -OCH3 is 1. The molecule has 0 fully saturated rings. The number of rotatable bonds is 4. The molecule has 0 atom stereocenters. The molecule has 0 amide bonds. The summed E-state index contributed by atoms with van der Waals surface area (Å²) in [6, 6.07) is 3.96. The third-order valence-electron chi connectivity index (χ3n) is 3.48. The van der Waals surface area contributed by atoms with Crippen molar-refractivity contribution in [1.82, 2.24) is 4.90 Å². The minimum absolute atomic E-state index is 0.183. The van der Waals surface area contributed by atoms with E-state index in [-0.39, 0.29) is 6.42 Å². The van der Waals surface area contributed by atoms with Crippen LogP contribution in [0.1, 0.15) is 23.1 Å². The van der Waals surface area contributed by atoms with Gasteiger partial charge in [-0.25, -0.2) is 0 Å². The van der Waals surface area contributed by atoms with Crippen LogP contribution in [0.3, 0.4) is 0 Å². The second-order valence-electron chi connectivity index (χ2n) is 4.77. The average molecular weight is 249 g/mol. The number of benzene rings is 1. The molecule has 0 unspecified atom stereocenters. The molecule has 1 heterocycles. The Morgan fingerprint density at radius 3 is 2.89 bits per heavy atom. The van der Waals surface area contributed by atoms with E-state index in [0.717, 1.165) is 30.8 Å². The highest BCUT2D eigenvalue weighted by atomic mass is 16.5. The van der Waals surface area contributed by atoms with E-state index in [1.54, 1.807) is 7.11 Å². The summed E-state index contributed by atoms with van der Waals surface area (Å²) in [6.45, 7) is 1.90. The Hall–Kier alpha value is -1.55. The molecular formula is C14H19NO3. The number of aryl methyl sites for hydroxylation is 1. The van der Waals surface area contributed by atoms with Gasteiger partial charge in [-0.1, -0.05) is 6.07 Å². The van der Waals surface area contributed by atoms with Crippen LogP contribution in [-0.2, 0) is 24.2 Å². The first kappa shape index (κ1) is 12.9.